The van der Waals surface area contributed by atoms with Crippen molar-refractivity contribution < 1.29 is 9.90 Å². The van der Waals surface area contributed by atoms with Gasteiger partial charge in [0.2, 0.25) is 0 Å². The van der Waals surface area contributed by atoms with E-state index in [2.05, 4.69) is 29.4 Å². The topological polar surface area (TPSA) is 80.9 Å². The van der Waals surface area contributed by atoms with Crippen LogP contribution in [0.5, 0.6) is 0 Å². The first-order chi connectivity index (χ1) is 8.04. The second kappa shape index (κ2) is 6.32. The lowest BCUT2D eigenvalue weighted by molar-refractivity contribution is -0.138. The van der Waals surface area contributed by atoms with E-state index in [9.17, 15) is 4.79 Å². The molecule has 0 saturated heterocycles. The van der Waals surface area contributed by atoms with Crippen molar-refractivity contribution in [3.05, 3.63) is 5.82 Å². The van der Waals surface area contributed by atoms with Crippen LogP contribution in [-0.2, 0) is 11.2 Å². The Hall–Kier alpha value is -1.46. The number of hydrogen-bond acceptors (Lipinski definition) is 4. The fourth-order valence-corrected chi connectivity index (χ4v) is 1.84. The van der Waals surface area contributed by atoms with Crippen LogP contribution in [0, 0.1) is 5.92 Å². The van der Waals surface area contributed by atoms with Crippen molar-refractivity contribution >= 4 is 5.97 Å². The summed E-state index contributed by atoms with van der Waals surface area (Å²) in [6.45, 7) is 6.21. The molecule has 1 rings (SSSR count). The Kier molecular flexibility index (Phi) is 5.06. The van der Waals surface area contributed by atoms with E-state index < -0.39 is 5.97 Å². The summed E-state index contributed by atoms with van der Waals surface area (Å²) >= 11 is 0. The SMILES string of the molecule is CCCC(CC(=O)O)n1nnnc1CC(C)C. The van der Waals surface area contributed by atoms with Gasteiger partial charge in [0.05, 0.1) is 12.5 Å². The van der Waals surface area contributed by atoms with Crippen molar-refractivity contribution in [2.75, 3.05) is 0 Å². The third-order valence-electron chi connectivity index (χ3n) is 2.53. The highest BCUT2D eigenvalue weighted by Gasteiger charge is 2.19. The van der Waals surface area contributed by atoms with Gasteiger partial charge in [0, 0.05) is 6.42 Å². The molecule has 0 amide bonds. The van der Waals surface area contributed by atoms with E-state index in [4.69, 9.17) is 5.11 Å². The van der Waals surface area contributed by atoms with Gasteiger partial charge >= 0.3 is 5.97 Å². The molecule has 1 unspecified atom stereocenters. The van der Waals surface area contributed by atoms with E-state index in [-0.39, 0.29) is 12.5 Å². The number of hydrogen-bond donors (Lipinski definition) is 1. The van der Waals surface area contributed by atoms with Crippen molar-refractivity contribution in [2.24, 2.45) is 5.92 Å². The molecule has 0 saturated carbocycles. The summed E-state index contributed by atoms with van der Waals surface area (Å²) in [5, 5.41) is 20.5. The molecule has 1 heterocycles. The first-order valence-corrected chi connectivity index (χ1v) is 6.03. The van der Waals surface area contributed by atoms with Gasteiger partial charge in [-0.25, -0.2) is 4.68 Å². The summed E-state index contributed by atoms with van der Waals surface area (Å²) in [5.74, 6) is 0.418. The van der Waals surface area contributed by atoms with Crippen LogP contribution in [-0.4, -0.2) is 31.3 Å². The second-order valence-electron chi connectivity index (χ2n) is 4.68. The number of carboxylic acids is 1. The highest BCUT2D eigenvalue weighted by atomic mass is 16.4. The van der Waals surface area contributed by atoms with Crippen LogP contribution in [0.3, 0.4) is 0 Å². The lowest BCUT2D eigenvalue weighted by atomic mass is 10.1. The molecule has 1 aromatic heterocycles. The molecule has 6 heteroatoms. The summed E-state index contributed by atoms with van der Waals surface area (Å²) in [4.78, 5) is 10.8. The highest BCUT2D eigenvalue weighted by Crippen LogP contribution is 2.19. The molecule has 1 atom stereocenters. The maximum atomic E-state index is 10.8. The first kappa shape index (κ1) is 13.6. The molecular weight excluding hydrogens is 220 g/mol. The van der Waals surface area contributed by atoms with E-state index in [1.807, 2.05) is 6.92 Å². The Balaban J connectivity index is 2.85. The van der Waals surface area contributed by atoms with Gasteiger partial charge in [0.1, 0.15) is 0 Å². The molecule has 1 aromatic rings. The largest absolute Gasteiger partial charge is 0.481 e. The Morgan fingerprint density at radius 3 is 2.71 bits per heavy atom. The summed E-state index contributed by atoms with van der Waals surface area (Å²) in [6.07, 6.45) is 2.54. The Bertz CT molecular complexity index is 362. The molecular formula is C11H20N4O2. The number of rotatable bonds is 7. The fourth-order valence-electron chi connectivity index (χ4n) is 1.84. The van der Waals surface area contributed by atoms with E-state index in [1.54, 1.807) is 4.68 Å². The fraction of sp³-hybridized carbons (Fsp3) is 0.818. The molecule has 17 heavy (non-hydrogen) atoms. The molecule has 0 spiro atoms. The first-order valence-electron chi connectivity index (χ1n) is 6.03. The molecule has 96 valence electrons. The minimum absolute atomic E-state index is 0.0734. The lowest BCUT2D eigenvalue weighted by Gasteiger charge is -2.16. The molecule has 6 nitrogen and oxygen atoms in total. The van der Waals surface area contributed by atoms with Crippen molar-refractivity contribution in [1.82, 2.24) is 20.2 Å². The molecule has 0 radical (unpaired) electrons. The molecule has 0 aromatic carbocycles. The van der Waals surface area contributed by atoms with Crippen molar-refractivity contribution in [3.63, 3.8) is 0 Å². The van der Waals surface area contributed by atoms with Crippen molar-refractivity contribution in [3.8, 4) is 0 Å². The van der Waals surface area contributed by atoms with Gasteiger partial charge in [-0.1, -0.05) is 27.2 Å². The van der Waals surface area contributed by atoms with Crippen LogP contribution < -0.4 is 0 Å². The smallest absolute Gasteiger partial charge is 0.305 e. The van der Waals surface area contributed by atoms with Gasteiger partial charge < -0.3 is 5.11 Å². The normalized spacial score (nSPS) is 12.9. The average molecular weight is 240 g/mol. The third-order valence-corrected chi connectivity index (χ3v) is 2.53. The van der Waals surface area contributed by atoms with E-state index >= 15 is 0 Å². The molecule has 0 aliphatic heterocycles. The van der Waals surface area contributed by atoms with E-state index in [0.717, 1.165) is 25.1 Å². The Morgan fingerprint density at radius 2 is 2.18 bits per heavy atom. The third kappa shape index (κ3) is 4.13. The minimum Gasteiger partial charge on any atom is -0.481 e. The number of tetrazole rings is 1. The number of aliphatic carboxylic acids is 1. The van der Waals surface area contributed by atoms with Crippen LogP contribution in [0.1, 0.15) is 51.9 Å². The van der Waals surface area contributed by atoms with Crippen molar-refractivity contribution in [2.45, 2.75) is 52.5 Å². The average Bonchev–Trinajstić information content (AvgIpc) is 2.63. The molecule has 1 N–H and O–H groups in total. The van der Waals surface area contributed by atoms with Gasteiger partial charge in [0.15, 0.2) is 5.82 Å². The van der Waals surface area contributed by atoms with Gasteiger partial charge in [-0.3, -0.25) is 4.79 Å². The summed E-state index contributed by atoms with van der Waals surface area (Å²) < 4.78 is 1.68. The predicted molar refractivity (Wildman–Crippen MR) is 62.6 cm³/mol. The van der Waals surface area contributed by atoms with Crippen LogP contribution in [0.25, 0.3) is 0 Å². The van der Waals surface area contributed by atoms with Crippen molar-refractivity contribution in [1.29, 1.82) is 0 Å². The Labute approximate surface area is 101 Å². The lowest BCUT2D eigenvalue weighted by Crippen LogP contribution is -2.18. The van der Waals surface area contributed by atoms with Crippen LogP contribution in [0.15, 0.2) is 0 Å². The molecule has 0 fully saturated rings. The van der Waals surface area contributed by atoms with Crippen LogP contribution >= 0.6 is 0 Å². The minimum atomic E-state index is -0.811. The maximum absolute atomic E-state index is 10.8. The van der Waals surface area contributed by atoms with E-state index in [0.29, 0.717) is 5.92 Å². The summed E-state index contributed by atoms with van der Waals surface area (Å²) in [5.41, 5.74) is 0. The predicted octanol–water partition coefficient (Wildman–Crippen LogP) is 1.69. The van der Waals surface area contributed by atoms with Crippen LogP contribution in [0.2, 0.25) is 0 Å². The summed E-state index contributed by atoms with van der Waals surface area (Å²) in [7, 11) is 0. The number of aromatic nitrogens is 4. The molecule has 0 aliphatic rings. The molecule has 0 bridgehead atoms. The zero-order valence-electron chi connectivity index (χ0n) is 10.6. The standard InChI is InChI=1S/C11H20N4O2/c1-4-5-9(7-11(16)17)15-10(6-8(2)3)12-13-14-15/h8-9H,4-7H2,1-3H3,(H,16,17). The van der Waals surface area contributed by atoms with Gasteiger partial charge in [0.25, 0.3) is 0 Å². The van der Waals surface area contributed by atoms with E-state index in [1.165, 1.54) is 0 Å². The van der Waals surface area contributed by atoms with Crippen LogP contribution in [0.4, 0.5) is 0 Å². The number of nitrogens with zero attached hydrogens (tertiary/aromatic N) is 4. The highest BCUT2D eigenvalue weighted by molar-refractivity contribution is 5.67. The second-order valence-corrected chi connectivity index (χ2v) is 4.68. The zero-order valence-corrected chi connectivity index (χ0v) is 10.6. The monoisotopic (exact) mass is 240 g/mol. The quantitative estimate of drug-likeness (QED) is 0.784. The zero-order chi connectivity index (χ0) is 12.8. The Morgan fingerprint density at radius 1 is 1.47 bits per heavy atom. The van der Waals surface area contributed by atoms with Gasteiger partial charge in [-0.2, -0.15) is 0 Å². The number of carboxylic acid groups (broad SMARTS) is 1. The summed E-state index contributed by atoms with van der Waals surface area (Å²) in [6, 6.07) is -0.138. The number of carbonyl (C=O) groups is 1. The van der Waals surface area contributed by atoms with Gasteiger partial charge in [-0.05, 0) is 22.8 Å². The maximum Gasteiger partial charge on any atom is 0.305 e. The van der Waals surface area contributed by atoms with Gasteiger partial charge in [-0.15, -0.1) is 5.10 Å². The molecule has 0 aliphatic carbocycles.